The molecule has 8 heteroatoms. The molecule has 1 N–H and O–H groups in total. The number of allylic oxidation sites excluding steroid dienone is 1. The third-order valence-electron chi connectivity index (χ3n) is 6.58. The monoisotopic (exact) mass is 556 g/mol. The molecule has 2 amide bonds. The maximum atomic E-state index is 13.6. The van der Waals surface area contributed by atoms with Crippen LogP contribution in [-0.2, 0) is 4.74 Å². The van der Waals surface area contributed by atoms with Crippen LogP contribution in [0.5, 0.6) is 0 Å². The van der Waals surface area contributed by atoms with Gasteiger partial charge < -0.3 is 15.0 Å². The van der Waals surface area contributed by atoms with Gasteiger partial charge in [-0.3, -0.25) is 9.59 Å². The van der Waals surface area contributed by atoms with E-state index >= 15 is 0 Å². The zero-order valence-corrected chi connectivity index (χ0v) is 24.2. The van der Waals surface area contributed by atoms with Crippen LogP contribution in [0.2, 0.25) is 5.02 Å². The van der Waals surface area contributed by atoms with Crippen LogP contribution in [0.3, 0.4) is 0 Å². The van der Waals surface area contributed by atoms with Crippen molar-refractivity contribution in [2.24, 2.45) is 0 Å². The van der Waals surface area contributed by atoms with Crippen molar-refractivity contribution in [1.29, 1.82) is 0 Å². The summed E-state index contributed by atoms with van der Waals surface area (Å²) in [6.07, 6.45) is 4.02. The third kappa shape index (κ3) is 6.49. The fourth-order valence-electron chi connectivity index (χ4n) is 4.53. The summed E-state index contributed by atoms with van der Waals surface area (Å²) in [7, 11) is 1.73. The number of fused-ring (bicyclic) bond motifs is 1. The van der Waals surface area contributed by atoms with Gasteiger partial charge >= 0.3 is 0 Å². The average Bonchev–Trinajstić information content (AvgIpc) is 2.95. The van der Waals surface area contributed by atoms with Gasteiger partial charge in [0.15, 0.2) is 0 Å². The molecule has 0 atom stereocenters. The van der Waals surface area contributed by atoms with Gasteiger partial charge in [-0.05, 0) is 69.7 Å². The molecule has 7 nitrogen and oxygen atoms in total. The lowest BCUT2D eigenvalue weighted by atomic mass is 9.99. The quantitative estimate of drug-likeness (QED) is 0.220. The van der Waals surface area contributed by atoms with E-state index in [0.717, 1.165) is 33.4 Å². The van der Waals surface area contributed by atoms with Crippen molar-refractivity contribution in [1.82, 2.24) is 14.9 Å². The first-order valence-corrected chi connectivity index (χ1v) is 13.6. The maximum absolute atomic E-state index is 13.6. The molecule has 2 aromatic heterocycles. The number of benzene rings is 2. The van der Waals surface area contributed by atoms with Gasteiger partial charge in [0.2, 0.25) is 0 Å². The molecule has 4 aromatic rings. The number of carbonyl (C=O) groups excluding carboxylic acids is 2. The van der Waals surface area contributed by atoms with Gasteiger partial charge in [0.1, 0.15) is 5.69 Å². The van der Waals surface area contributed by atoms with Gasteiger partial charge in [-0.1, -0.05) is 41.4 Å². The Hall–Kier alpha value is -4.23. The molecule has 0 radical (unpaired) electrons. The van der Waals surface area contributed by atoms with Crippen LogP contribution in [0.4, 0.5) is 5.69 Å². The van der Waals surface area contributed by atoms with Gasteiger partial charge in [-0.25, -0.2) is 9.97 Å². The minimum absolute atomic E-state index is 0.208. The van der Waals surface area contributed by atoms with Crippen LogP contribution < -0.4 is 5.32 Å². The van der Waals surface area contributed by atoms with Crippen LogP contribution in [0.15, 0.2) is 72.6 Å². The van der Waals surface area contributed by atoms with Crippen molar-refractivity contribution in [3.8, 4) is 11.3 Å². The maximum Gasteiger partial charge on any atom is 0.272 e. The topological polar surface area (TPSA) is 84.4 Å². The van der Waals surface area contributed by atoms with E-state index in [1.807, 2.05) is 64.1 Å². The second-order valence-electron chi connectivity index (χ2n) is 9.56. The number of amides is 2. The van der Waals surface area contributed by atoms with Crippen LogP contribution in [-0.4, -0.2) is 46.9 Å². The first-order valence-electron chi connectivity index (χ1n) is 13.2. The van der Waals surface area contributed by atoms with Gasteiger partial charge in [0.05, 0.1) is 41.0 Å². The Kier molecular flexibility index (Phi) is 9.17. The minimum atomic E-state index is -0.307. The molecule has 0 bridgehead atoms. The zero-order valence-electron chi connectivity index (χ0n) is 23.4. The van der Waals surface area contributed by atoms with Crippen molar-refractivity contribution in [2.45, 2.75) is 34.1 Å². The molecule has 206 valence electrons. The van der Waals surface area contributed by atoms with E-state index in [4.69, 9.17) is 21.3 Å². The second kappa shape index (κ2) is 12.7. The van der Waals surface area contributed by atoms with Crippen molar-refractivity contribution in [3.05, 3.63) is 100 Å². The van der Waals surface area contributed by atoms with E-state index in [9.17, 15) is 9.59 Å². The predicted octanol–water partition coefficient (Wildman–Crippen LogP) is 7.22. The van der Waals surface area contributed by atoms with Crippen molar-refractivity contribution < 1.29 is 14.3 Å². The lowest BCUT2D eigenvalue weighted by Crippen LogP contribution is -2.29. The van der Waals surface area contributed by atoms with Crippen LogP contribution in [0.1, 0.15) is 52.2 Å². The van der Waals surface area contributed by atoms with Crippen molar-refractivity contribution >= 4 is 40.0 Å². The number of aromatic nitrogens is 2. The zero-order chi connectivity index (χ0) is 28.8. The Morgan fingerprint density at radius 3 is 2.55 bits per heavy atom. The highest BCUT2D eigenvalue weighted by Crippen LogP contribution is 2.32. The van der Waals surface area contributed by atoms with Crippen LogP contribution >= 0.6 is 11.6 Å². The van der Waals surface area contributed by atoms with Crippen LogP contribution in [0, 0.1) is 13.8 Å². The molecule has 0 spiro atoms. The average molecular weight is 557 g/mol. The number of hydrogen-bond donors (Lipinski definition) is 1. The number of aryl methyl sites for hydroxylation is 2. The second-order valence-corrected chi connectivity index (χ2v) is 9.97. The molecule has 2 aromatic carbocycles. The lowest BCUT2D eigenvalue weighted by Gasteiger charge is -2.18. The fraction of sp³-hybridized carbons (Fsp3) is 0.250. The summed E-state index contributed by atoms with van der Waals surface area (Å²) in [5.41, 5.74) is 5.34. The Morgan fingerprint density at radius 2 is 1.88 bits per heavy atom. The normalized spacial score (nSPS) is 11.4. The summed E-state index contributed by atoms with van der Waals surface area (Å²) in [4.78, 5) is 37.2. The number of pyridine rings is 2. The van der Waals surface area contributed by atoms with E-state index in [2.05, 4.69) is 10.3 Å². The Morgan fingerprint density at radius 1 is 1.10 bits per heavy atom. The number of rotatable bonds is 9. The fourth-order valence-corrected chi connectivity index (χ4v) is 4.76. The molecular weight excluding hydrogens is 524 g/mol. The molecule has 0 aliphatic rings. The summed E-state index contributed by atoms with van der Waals surface area (Å²) in [6.45, 7) is 8.90. The summed E-state index contributed by atoms with van der Waals surface area (Å²) < 4.78 is 5.55. The third-order valence-corrected chi connectivity index (χ3v) is 6.90. The van der Waals surface area contributed by atoms with E-state index in [1.54, 1.807) is 36.2 Å². The summed E-state index contributed by atoms with van der Waals surface area (Å²) in [6, 6.07) is 16.5. The van der Waals surface area contributed by atoms with E-state index in [0.29, 0.717) is 47.2 Å². The lowest BCUT2D eigenvalue weighted by molar-refractivity contribution is 0.0783. The Labute approximate surface area is 239 Å². The molecule has 4 rings (SSSR count). The number of nitrogens with one attached hydrogen (secondary N) is 1. The first-order chi connectivity index (χ1) is 19.2. The Bertz CT molecular complexity index is 1580. The molecule has 0 unspecified atom stereocenters. The molecule has 0 aliphatic carbocycles. The highest BCUT2D eigenvalue weighted by molar-refractivity contribution is 6.33. The van der Waals surface area contributed by atoms with Gasteiger partial charge in [-0.15, -0.1) is 0 Å². The van der Waals surface area contributed by atoms with E-state index in [1.165, 1.54) is 6.20 Å². The Balaban J connectivity index is 1.58. The molecule has 0 saturated carbocycles. The molecule has 40 heavy (non-hydrogen) atoms. The number of hydrogen-bond acceptors (Lipinski definition) is 5. The number of nitrogens with zero attached hydrogens (tertiary/aromatic N) is 3. The SMILES string of the molecule is C/C=C(/CCN(C)C(=O)c1ccc(NC(=O)c2cc(-c3ccccc3Cl)nc3c(C)cc(C)cc23)cn1)OCC. The van der Waals surface area contributed by atoms with Crippen molar-refractivity contribution in [2.75, 3.05) is 25.5 Å². The van der Waals surface area contributed by atoms with Gasteiger partial charge in [-0.2, -0.15) is 0 Å². The molecule has 2 heterocycles. The molecule has 0 aliphatic heterocycles. The number of carbonyl (C=O) groups is 2. The highest BCUT2D eigenvalue weighted by Gasteiger charge is 2.18. The van der Waals surface area contributed by atoms with E-state index < -0.39 is 0 Å². The first kappa shape index (κ1) is 28.8. The number of anilines is 1. The smallest absolute Gasteiger partial charge is 0.272 e. The standard InChI is InChI=1S/C32H33ClN4O3/c1-6-23(40-7-2)14-15-37(5)32(39)28-13-12-22(19-34-28)35-31(38)26-18-29(24-10-8-9-11-27(24)33)36-30-21(4)16-20(3)17-25(26)30/h6,8-13,16-19H,7,14-15H2,1-5H3,(H,35,38)/b23-6-. The van der Waals surface area contributed by atoms with E-state index in [-0.39, 0.29) is 11.8 Å². The summed E-state index contributed by atoms with van der Waals surface area (Å²) in [5, 5.41) is 4.23. The number of ether oxygens (including phenoxy) is 1. The molecule has 0 saturated heterocycles. The largest absolute Gasteiger partial charge is 0.499 e. The minimum Gasteiger partial charge on any atom is -0.499 e. The van der Waals surface area contributed by atoms with Gasteiger partial charge in [0.25, 0.3) is 11.8 Å². The van der Waals surface area contributed by atoms with Crippen molar-refractivity contribution in [3.63, 3.8) is 0 Å². The number of halogens is 1. The van der Waals surface area contributed by atoms with Gasteiger partial charge in [0, 0.05) is 36.0 Å². The molecular formula is C32H33ClN4O3. The summed E-state index contributed by atoms with van der Waals surface area (Å²) in [5.74, 6) is 0.332. The highest BCUT2D eigenvalue weighted by atomic mass is 35.5. The predicted molar refractivity (Wildman–Crippen MR) is 161 cm³/mol. The summed E-state index contributed by atoms with van der Waals surface area (Å²) >= 11 is 6.47. The molecule has 0 fully saturated rings. The van der Waals surface area contributed by atoms with Crippen LogP contribution in [0.25, 0.3) is 22.2 Å².